The minimum Gasteiger partial charge on any atom is -0.496 e. The Bertz CT molecular complexity index is 802. The second-order valence-electron chi connectivity index (χ2n) is 5.94. The van der Waals surface area contributed by atoms with Crippen molar-refractivity contribution >= 4 is 29.0 Å². The number of anilines is 1. The number of benzene rings is 2. The Morgan fingerprint density at radius 1 is 1.00 bits per heavy atom. The van der Waals surface area contributed by atoms with Gasteiger partial charge in [-0.15, -0.1) is 0 Å². The van der Waals surface area contributed by atoms with Gasteiger partial charge in [0, 0.05) is 44.1 Å². The Morgan fingerprint density at radius 2 is 1.62 bits per heavy atom. The predicted octanol–water partition coefficient (Wildman–Crippen LogP) is 3.69. The van der Waals surface area contributed by atoms with Crippen molar-refractivity contribution < 1.29 is 19.1 Å². The Labute approximate surface area is 158 Å². The highest BCUT2D eigenvalue weighted by Crippen LogP contribution is 2.33. The Morgan fingerprint density at radius 3 is 2.15 bits per heavy atom. The van der Waals surface area contributed by atoms with E-state index in [2.05, 4.69) is 0 Å². The molecule has 0 radical (unpaired) electrons. The average molecular weight is 376 g/mol. The molecule has 0 saturated carbocycles. The number of hydrogen-bond donors (Lipinski definition) is 0. The molecular weight excluding hydrogens is 354 g/mol. The van der Waals surface area contributed by atoms with Crippen LogP contribution in [0.2, 0.25) is 5.02 Å². The normalized spacial score (nSPS) is 10.3. The predicted molar refractivity (Wildman–Crippen MR) is 102 cm³/mol. The molecule has 2 rings (SSSR count). The first-order valence-electron chi connectivity index (χ1n) is 8.11. The van der Waals surface area contributed by atoms with Crippen LogP contribution in [0.15, 0.2) is 36.4 Å². The van der Waals surface area contributed by atoms with Crippen LogP contribution in [0.5, 0.6) is 11.5 Å². The van der Waals surface area contributed by atoms with E-state index in [1.807, 2.05) is 24.3 Å². The maximum absolute atomic E-state index is 12.4. The number of methoxy groups -OCH3 is 2. The molecule has 0 unspecified atom stereocenters. The van der Waals surface area contributed by atoms with Gasteiger partial charge in [-0.05, 0) is 23.8 Å². The van der Waals surface area contributed by atoms with Crippen LogP contribution in [0.25, 0.3) is 0 Å². The molecule has 0 bridgehead atoms. The minimum absolute atomic E-state index is 0.0391. The lowest BCUT2D eigenvalue weighted by molar-refractivity contribution is -0.118. The highest BCUT2D eigenvalue weighted by atomic mass is 35.5. The summed E-state index contributed by atoms with van der Waals surface area (Å²) < 4.78 is 10.5. The monoisotopic (exact) mass is 375 g/mol. The van der Waals surface area contributed by atoms with Crippen molar-refractivity contribution in [3.63, 3.8) is 0 Å². The number of hydrogen-bond acceptors (Lipinski definition) is 4. The Balaban J connectivity index is 2.09. The molecule has 0 saturated heterocycles. The molecule has 0 aromatic heterocycles. The second-order valence-corrected chi connectivity index (χ2v) is 6.34. The Kier molecular flexibility index (Phi) is 6.64. The molecule has 0 fully saturated rings. The summed E-state index contributed by atoms with van der Waals surface area (Å²) in [6.07, 6.45) is 0.499. The topological polar surface area (TPSA) is 55.8 Å². The smallest absolute Gasteiger partial charge is 0.223 e. The molecule has 2 aromatic rings. The fraction of sp³-hybridized carbons (Fsp3) is 0.300. The van der Waals surface area contributed by atoms with E-state index in [1.165, 1.54) is 14.0 Å². The van der Waals surface area contributed by atoms with Crippen LogP contribution in [0.1, 0.15) is 18.1 Å². The van der Waals surface area contributed by atoms with Crippen molar-refractivity contribution in [1.82, 2.24) is 0 Å². The van der Waals surface area contributed by atoms with Gasteiger partial charge in [-0.1, -0.05) is 23.7 Å². The molecule has 26 heavy (non-hydrogen) atoms. The molecule has 0 N–H and O–H groups in total. The number of ether oxygens (including phenoxy) is 2. The molecule has 0 heterocycles. The van der Waals surface area contributed by atoms with E-state index in [0.717, 1.165) is 16.8 Å². The van der Waals surface area contributed by atoms with Crippen molar-refractivity contribution in [1.29, 1.82) is 0 Å². The summed E-state index contributed by atoms with van der Waals surface area (Å²) in [5, 5.41) is 0.438. The molecule has 5 nitrogen and oxygen atoms in total. The van der Waals surface area contributed by atoms with E-state index in [1.54, 1.807) is 31.2 Å². The van der Waals surface area contributed by atoms with Crippen LogP contribution < -0.4 is 14.4 Å². The standard InChI is InChI=1S/C20H22ClNO4/c1-13(23)22(2)16-7-5-14(6-8-16)9-17(24)10-15-11-18(21)20(26-4)12-19(15)25-3/h5-8,11-12H,9-10H2,1-4H3. The van der Waals surface area contributed by atoms with Gasteiger partial charge in [-0.3, -0.25) is 9.59 Å². The number of halogens is 1. The number of carbonyl (C=O) groups excluding carboxylic acids is 2. The van der Waals surface area contributed by atoms with Gasteiger partial charge in [-0.25, -0.2) is 0 Å². The average Bonchev–Trinajstić information content (AvgIpc) is 2.61. The molecule has 0 aliphatic rings. The van der Waals surface area contributed by atoms with Crippen LogP contribution in [0, 0.1) is 0 Å². The van der Waals surface area contributed by atoms with Crippen LogP contribution in [0.3, 0.4) is 0 Å². The molecule has 1 amide bonds. The number of rotatable bonds is 7. The molecule has 138 valence electrons. The number of Topliss-reactive ketones (excluding diaryl/α,β-unsaturated/α-hetero) is 1. The van der Waals surface area contributed by atoms with E-state index < -0.39 is 0 Å². The molecule has 0 spiro atoms. The summed E-state index contributed by atoms with van der Waals surface area (Å²) in [6.45, 7) is 1.50. The second kappa shape index (κ2) is 8.72. The fourth-order valence-corrected chi connectivity index (χ4v) is 2.85. The minimum atomic E-state index is -0.0442. The van der Waals surface area contributed by atoms with Gasteiger partial charge in [0.05, 0.1) is 19.2 Å². The summed E-state index contributed by atoms with van der Waals surface area (Å²) >= 11 is 6.15. The van der Waals surface area contributed by atoms with Crippen molar-refractivity contribution in [2.24, 2.45) is 0 Å². The van der Waals surface area contributed by atoms with Crippen LogP contribution >= 0.6 is 11.6 Å². The van der Waals surface area contributed by atoms with Gasteiger partial charge in [0.25, 0.3) is 0 Å². The van der Waals surface area contributed by atoms with Gasteiger partial charge in [-0.2, -0.15) is 0 Å². The van der Waals surface area contributed by atoms with Crippen molar-refractivity contribution in [3.05, 3.63) is 52.5 Å². The number of ketones is 1. The van der Waals surface area contributed by atoms with Gasteiger partial charge in [0.15, 0.2) is 0 Å². The fourth-order valence-electron chi connectivity index (χ4n) is 2.58. The number of carbonyl (C=O) groups is 2. The molecule has 0 aliphatic carbocycles. The lowest BCUT2D eigenvalue weighted by atomic mass is 10.0. The molecular formula is C20H22ClNO4. The van der Waals surface area contributed by atoms with Crippen molar-refractivity contribution in [2.45, 2.75) is 19.8 Å². The highest BCUT2D eigenvalue weighted by molar-refractivity contribution is 6.32. The third kappa shape index (κ3) is 4.76. The first-order valence-corrected chi connectivity index (χ1v) is 8.48. The van der Waals surface area contributed by atoms with E-state index >= 15 is 0 Å². The van der Waals surface area contributed by atoms with Gasteiger partial charge in [0.1, 0.15) is 17.3 Å². The van der Waals surface area contributed by atoms with E-state index in [0.29, 0.717) is 16.5 Å². The van der Waals surface area contributed by atoms with Gasteiger partial charge < -0.3 is 14.4 Å². The maximum atomic E-state index is 12.4. The summed E-state index contributed by atoms with van der Waals surface area (Å²) in [6, 6.07) is 10.7. The van der Waals surface area contributed by atoms with Crippen LogP contribution in [-0.2, 0) is 22.4 Å². The summed E-state index contributed by atoms with van der Waals surface area (Å²) in [5.74, 6) is 1.07. The zero-order valence-corrected chi connectivity index (χ0v) is 16.1. The van der Waals surface area contributed by atoms with Gasteiger partial charge in [0.2, 0.25) is 5.91 Å². The zero-order chi connectivity index (χ0) is 19.3. The first-order chi connectivity index (χ1) is 12.3. The van der Waals surface area contributed by atoms with Crippen LogP contribution in [0.4, 0.5) is 5.69 Å². The van der Waals surface area contributed by atoms with Crippen LogP contribution in [-0.4, -0.2) is 33.0 Å². The summed E-state index contributed by atoms with van der Waals surface area (Å²) in [5.41, 5.74) is 2.39. The lowest BCUT2D eigenvalue weighted by Gasteiger charge is -2.15. The summed E-state index contributed by atoms with van der Waals surface area (Å²) in [7, 11) is 4.78. The SMILES string of the molecule is COc1cc(OC)c(CC(=O)Cc2ccc(N(C)C(C)=O)cc2)cc1Cl. The van der Waals surface area contributed by atoms with Crippen molar-refractivity contribution in [2.75, 3.05) is 26.2 Å². The number of nitrogens with zero attached hydrogens (tertiary/aromatic N) is 1. The molecule has 6 heteroatoms. The Hall–Kier alpha value is -2.53. The zero-order valence-electron chi connectivity index (χ0n) is 15.3. The van der Waals surface area contributed by atoms with Gasteiger partial charge >= 0.3 is 0 Å². The highest BCUT2D eigenvalue weighted by Gasteiger charge is 2.14. The number of amides is 1. The largest absolute Gasteiger partial charge is 0.496 e. The molecule has 2 aromatic carbocycles. The first kappa shape index (κ1) is 19.8. The molecule has 0 aliphatic heterocycles. The summed E-state index contributed by atoms with van der Waals surface area (Å²) in [4.78, 5) is 25.4. The quantitative estimate of drug-likeness (QED) is 0.740. The van der Waals surface area contributed by atoms with E-state index in [-0.39, 0.29) is 24.5 Å². The third-order valence-corrected chi connectivity index (χ3v) is 4.44. The molecule has 0 atom stereocenters. The van der Waals surface area contributed by atoms with E-state index in [9.17, 15) is 9.59 Å². The van der Waals surface area contributed by atoms with E-state index in [4.69, 9.17) is 21.1 Å². The maximum Gasteiger partial charge on any atom is 0.223 e. The van der Waals surface area contributed by atoms with Crippen molar-refractivity contribution in [3.8, 4) is 11.5 Å². The third-order valence-electron chi connectivity index (χ3n) is 4.14. The lowest BCUT2D eigenvalue weighted by Crippen LogP contribution is -2.22.